The van der Waals surface area contributed by atoms with Gasteiger partial charge < -0.3 is 20.6 Å². The molecule has 0 rings (SSSR count). The lowest BCUT2D eigenvalue weighted by molar-refractivity contribution is 0.172. The Hall–Kier alpha value is -0.810. The first-order chi connectivity index (χ1) is 9.08. The van der Waals surface area contributed by atoms with Crippen molar-refractivity contribution in [2.75, 3.05) is 27.2 Å². The standard InChI is InChI=1S/C15H33N3O2/c1-11(2)8-13(9-19)17-14(20)16-12(3)15(4,5)10-18(6)7/h11-13,19H,8-10H2,1-7H3,(H2,16,17,20). The molecular weight excluding hydrogens is 254 g/mol. The summed E-state index contributed by atoms with van der Waals surface area (Å²) in [6, 6.07) is -0.341. The summed E-state index contributed by atoms with van der Waals surface area (Å²) in [5.74, 6) is 0.440. The Balaban J connectivity index is 4.37. The van der Waals surface area contributed by atoms with E-state index in [4.69, 9.17) is 0 Å². The van der Waals surface area contributed by atoms with Gasteiger partial charge in [-0.15, -0.1) is 0 Å². The van der Waals surface area contributed by atoms with Crippen LogP contribution in [-0.2, 0) is 0 Å². The van der Waals surface area contributed by atoms with Crippen LogP contribution in [0.5, 0.6) is 0 Å². The Morgan fingerprint density at radius 2 is 1.75 bits per heavy atom. The number of nitrogens with zero attached hydrogens (tertiary/aromatic N) is 1. The highest BCUT2D eigenvalue weighted by atomic mass is 16.3. The molecular formula is C15H33N3O2. The average Bonchev–Trinajstić information content (AvgIpc) is 2.25. The molecule has 0 aliphatic rings. The fraction of sp³-hybridized carbons (Fsp3) is 0.933. The molecule has 0 aromatic heterocycles. The minimum absolute atomic E-state index is 0.0202. The van der Waals surface area contributed by atoms with Crippen LogP contribution in [0.15, 0.2) is 0 Å². The number of carbonyl (C=O) groups is 1. The van der Waals surface area contributed by atoms with Crippen molar-refractivity contribution >= 4 is 6.03 Å². The van der Waals surface area contributed by atoms with Gasteiger partial charge in [-0.2, -0.15) is 0 Å². The van der Waals surface area contributed by atoms with Gasteiger partial charge in [0.05, 0.1) is 12.6 Å². The first-order valence-corrected chi connectivity index (χ1v) is 7.41. The number of nitrogens with one attached hydrogen (secondary N) is 2. The first-order valence-electron chi connectivity index (χ1n) is 7.41. The zero-order valence-electron chi connectivity index (χ0n) is 14.2. The summed E-state index contributed by atoms with van der Waals surface area (Å²) in [5.41, 5.74) is -0.0202. The van der Waals surface area contributed by atoms with Gasteiger partial charge in [0.25, 0.3) is 0 Å². The first kappa shape index (κ1) is 19.2. The molecule has 2 atom stereocenters. The van der Waals surface area contributed by atoms with Crippen LogP contribution < -0.4 is 10.6 Å². The summed E-state index contributed by atoms with van der Waals surface area (Å²) in [5, 5.41) is 15.1. The number of hydrogen-bond donors (Lipinski definition) is 3. The molecule has 0 saturated heterocycles. The topological polar surface area (TPSA) is 64.6 Å². The molecule has 0 aromatic carbocycles. The predicted molar refractivity (Wildman–Crippen MR) is 83.8 cm³/mol. The Morgan fingerprint density at radius 1 is 1.20 bits per heavy atom. The van der Waals surface area contributed by atoms with Crippen LogP contribution in [0.25, 0.3) is 0 Å². The number of hydrogen-bond acceptors (Lipinski definition) is 3. The van der Waals surface area contributed by atoms with Gasteiger partial charge in [-0.1, -0.05) is 27.7 Å². The number of carbonyl (C=O) groups excluding carboxylic acids is 1. The number of amides is 2. The molecule has 2 amide bonds. The van der Waals surface area contributed by atoms with E-state index in [1.54, 1.807) is 0 Å². The minimum atomic E-state index is -0.205. The van der Waals surface area contributed by atoms with Crippen molar-refractivity contribution in [1.29, 1.82) is 0 Å². The smallest absolute Gasteiger partial charge is 0.315 e. The second-order valence-electron chi connectivity index (χ2n) is 7.07. The third kappa shape index (κ3) is 7.70. The van der Waals surface area contributed by atoms with E-state index in [0.717, 1.165) is 13.0 Å². The average molecular weight is 287 g/mol. The molecule has 0 heterocycles. The quantitative estimate of drug-likeness (QED) is 0.636. The monoisotopic (exact) mass is 287 g/mol. The SMILES string of the molecule is CC(C)CC(CO)NC(=O)NC(C)C(C)(C)CN(C)C. The summed E-state index contributed by atoms with van der Waals surface area (Å²) < 4.78 is 0. The van der Waals surface area contributed by atoms with Crippen LogP contribution in [0, 0.1) is 11.3 Å². The van der Waals surface area contributed by atoms with E-state index in [-0.39, 0.29) is 30.1 Å². The van der Waals surface area contributed by atoms with Gasteiger partial charge in [0.1, 0.15) is 0 Å². The fourth-order valence-electron chi connectivity index (χ4n) is 2.32. The van der Waals surface area contributed by atoms with Gasteiger partial charge in [0.15, 0.2) is 0 Å². The molecule has 0 radical (unpaired) electrons. The Bertz CT molecular complexity index is 291. The number of aliphatic hydroxyl groups is 1. The van der Waals surface area contributed by atoms with E-state index in [1.165, 1.54) is 0 Å². The highest BCUT2D eigenvalue weighted by molar-refractivity contribution is 5.74. The van der Waals surface area contributed by atoms with Gasteiger partial charge in [0, 0.05) is 12.6 Å². The maximum Gasteiger partial charge on any atom is 0.315 e. The molecule has 3 N–H and O–H groups in total. The maximum absolute atomic E-state index is 12.0. The van der Waals surface area contributed by atoms with Crippen LogP contribution in [0.3, 0.4) is 0 Å². The van der Waals surface area contributed by atoms with Crippen LogP contribution in [0.4, 0.5) is 4.79 Å². The second-order valence-corrected chi connectivity index (χ2v) is 7.07. The molecule has 5 heteroatoms. The normalized spacial score (nSPS) is 15.3. The Labute approximate surface area is 124 Å². The minimum Gasteiger partial charge on any atom is -0.394 e. The van der Waals surface area contributed by atoms with Gasteiger partial charge in [-0.05, 0) is 38.8 Å². The number of rotatable bonds is 8. The van der Waals surface area contributed by atoms with Crippen molar-refractivity contribution in [2.45, 2.75) is 53.1 Å². The molecule has 2 unspecified atom stereocenters. The molecule has 20 heavy (non-hydrogen) atoms. The predicted octanol–water partition coefficient (Wildman–Crippen LogP) is 1.67. The molecule has 0 fully saturated rings. The molecule has 120 valence electrons. The lowest BCUT2D eigenvalue weighted by atomic mass is 9.85. The van der Waals surface area contributed by atoms with Crippen LogP contribution in [0.1, 0.15) is 41.0 Å². The summed E-state index contributed by atoms with van der Waals surface area (Å²) >= 11 is 0. The zero-order chi connectivity index (χ0) is 15.9. The van der Waals surface area contributed by atoms with E-state index in [0.29, 0.717) is 5.92 Å². The molecule has 0 spiro atoms. The van der Waals surface area contributed by atoms with Crippen molar-refractivity contribution in [3.63, 3.8) is 0 Å². The number of aliphatic hydroxyl groups excluding tert-OH is 1. The largest absolute Gasteiger partial charge is 0.394 e. The maximum atomic E-state index is 12.0. The molecule has 0 aromatic rings. The van der Waals surface area contributed by atoms with Crippen molar-refractivity contribution in [1.82, 2.24) is 15.5 Å². The fourth-order valence-corrected chi connectivity index (χ4v) is 2.32. The van der Waals surface area contributed by atoms with E-state index in [1.807, 2.05) is 21.0 Å². The third-order valence-corrected chi connectivity index (χ3v) is 3.56. The lowest BCUT2D eigenvalue weighted by Gasteiger charge is -2.35. The molecule has 0 aliphatic carbocycles. The molecule has 0 bridgehead atoms. The second kappa shape index (κ2) is 8.47. The number of urea groups is 1. The van der Waals surface area contributed by atoms with Crippen molar-refractivity contribution in [2.24, 2.45) is 11.3 Å². The highest BCUT2D eigenvalue weighted by Gasteiger charge is 2.28. The Morgan fingerprint density at radius 3 is 2.15 bits per heavy atom. The molecule has 0 aliphatic heterocycles. The summed E-state index contributed by atoms with van der Waals surface area (Å²) in [6.07, 6.45) is 0.777. The van der Waals surface area contributed by atoms with Crippen LogP contribution in [-0.4, -0.2) is 55.4 Å². The van der Waals surface area contributed by atoms with Crippen LogP contribution in [0.2, 0.25) is 0 Å². The summed E-state index contributed by atoms with van der Waals surface area (Å²) in [6.45, 7) is 11.3. The van der Waals surface area contributed by atoms with E-state index < -0.39 is 0 Å². The Kier molecular flexibility index (Phi) is 8.13. The van der Waals surface area contributed by atoms with E-state index in [2.05, 4.69) is 43.2 Å². The van der Waals surface area contributed by atoms with Crippen LogP contribution >= 0.6 is 0 Å². The lowest BCUT2D eigenvalue weighted by Crippen LogP contribution is -2.52. The summed E-state index contributed by atoms with van der Waals surface area (Å²) in [7, 11) is 4.05. The van der Waals surface area contributed by atoms with Gasteiger partial charge >= 0.3 is 6.03 Å². The summed E-state index contributed by atoms with van der Waals surface area (Å²) in [4.78, 5) is 14.1. The van der Waals surface area contributed by atoms with Crippen molar-refractivity contribution < 1.29 is 9.90 Å². The van der Waals surface area contributed by atoms with Crippen molar-refractivity contribution in [3.05, 3.63) is 0 Å². The van der Waals surface area contributed by atoms with E-state index in [9.17, 15) is 9.90 Å². The molecule has 5 nitrogen and oxygen atoms in total. The van der Waals surface area contributed by atoms with Gasteiger partial charge in [-0.3, -0.25) is 0 Å². The zero-order valence-corrected chi connectivity index (χ0v) is 14.2. The third-order valence-electron chi connectivity index (χ3n) is 3.56. The molecule has 0 saturated carbocycles. The van der Waals surface area contributed by atoms with Gasteiger partial charge in [-0.25, -0.2) is 4.79 Å². The van der Waals surface area contributed by atoms with E-state index >= 15 is 0 Å². The highest BCUT2D eigenvalue weighted by Crippen LogP contribution is 2.21. The van der Waals surface area contributed by atoms with Crippen molar-refractivity contribution in [3.8, 4) is 0 Å². The van der Waals surface area contributed by atoms with Gasteiger partial charge in [0.2, 0.25) is 0 Å².